The maximum Gasteiger partial charge on any atom is 0.241 e. The Labute approximate surface area is 103 Å². The van der Waals surface area contributed by atoms with Crippen LogP contribution in [0.5, 0.6) is 0 Å². The van der Waals surface area contributed by atoms with E-state index in [0.29, 0.717) is 10.0 Å². The van der Waals surface area contributed by atoms with Crippen molar-refractivity contribution in [3.05, 3.63) is 28.2 Å². The Bertz CT molecular complexity index is 497. The first-order valence-corrected chi connectivity index (χ1v) is 7.22. The third-order valence-corrected chi connectivity index (χ3v) is 4.88. The van der Waals surface area contributed by atoms with Crippen LogP contribution in [-0.2, 0) is 16.6 Å². The van der Waals surface area contributed by atoms with E-state index in [-0.39, 0.29) is 17.5 Å². The molecule has 0 radical (unpaired) electrons. The van der Waals surface area contributed by atoms with Gasteiger partial charge in [0.1, 0.15) is 0 Å². The number of rotatable bonds is 4. The van der Waals surface area contributed by atoms with Gasteiger partial charge in [-0.3, -0.25) is 0 Å². The first-order chi connectivity index (χ1) is 7.53. The number of halogens is 1. The van der Waals surface area contributed by atoms with Crippen molar-refractivity contribution in [2.45, 2.75) is 30.4 Å². The van der Waals surface area contributed by atoms with Gasteiger partial charge >= 0.3 is 0 Å². The van der Waals surface area contributed by atoms with Crippen LogP contribution in [0.2, 0.25) is 0 Å². The standard InChI is InChI=1S/C10H12BrNO3S/c11-9-4-1-7(6-13)5-10(9)16(14,15)12-8-2-3-8/h1,4-5,8,12-13H,2-3,6H2. The van der Waals surface area contributed by atoms with Crippen molar-refractivity contribution in [2.24, 2.45) is 0 Å². The van der Waals surface area contributed by atoms with Crippen molar-refractivity contribution < 1.29 is 13.5 Å². The molecule has 88 valence electrons. The highest BCUT2D eigenvalue weighted by Gasteiger charge is 2.29. The fraction of sp³-hybridized carbons (Fsp3) is 0.400. The van der Waals surface area contributed by atoms with Gasteiger partial charge in [-0.2, -0.15) is 0 Å². The van der Waals surface area contributed by atoms with Crippen LogP contribution in [0, 0.1) is 0 Å². The molecule has 4 nitrogen and oxygen atoms in total. The quantitative estimate of drug-likeness (QED) is 0.883. The molecule has 0 unspecified atom stereocenters. The van der Waals surface area contributed by atoms with E-state index in [9.17, 15) is 8.42 Å². The molecule has 0 aliphatic heterocycles. The second kappa shape index (κ2) is 4.44. The molecular weight excluding hydrogens is 294 g/mol. The van der Waals surface area contributed by atoms with Gasteiger partial charge in [-0.15, -0.1) is 0 Å². The first kappa shape index (κ1) is 12.0. The van der Waals surface area contributed by atoms with Gasteiger partial charge in [0, 0.05) is 10.5 Å². The fourth-order valence-electron chi connectivity index (χ4n) is 1.34. The largest absolute Gasteiger partial charge is 0.392 e. The molecule has 1 aromatic rings. The van der Waals surface area contributed by atoms with Gasteiger partial charge < -0.3 is 5.11 Å². The van der Waals surface area contributed by atoms with E-state index < -0.39 is 10.0 Å². The molecule has 6 heteroatoms. The minimum absolute atomic E-state index is 0.0784. The summed E-state index contributed by atoms with van der Waals surface area (Å²) in [7, 11) is -3.47. The van der Waals surface area contributed by atoms with E-state index in [0.717, 1.165) is 12.8 Å². The average Bonchev–Trinajstić information content (AvgIpc) is 3.01. The van der Waals surface area contributed by atoms with Gasteiger partial charge in [0.05, 0.1) is 11.5 Å². The number of nitrogens with one attached hydrogen (secondary N) is 1. The Morgan fingerprint density at radius 1 is 1.44 bits per heavy atom. The van der Waals surface area contributed by atoms with Crippen molar-refractivity contribution in [2.75, 3.05) is 0 Å². The second-order valence-electron chi connectivity index (χ2n) is 3.82. The van der Waals surface area contributed by atoms with Gasteiger partial charge in [0.2, 0.25) is 10.0 Å². The Morgan fingerprint density at radius 3 is 2.69 bits per heavy atom. The molecule has 0 amide bonds. The number of sulfonamides is 1. The number of benzene rings is 1. The zero-order valence-electron chi connectivity index (χ0n) is 8.48. The van der Waals surface area contributed by atoms with Gasteiger partial charge in [-0.25, -0.2) is 13.1 Å². The van der Waals surface area contributed by atoms with E-state index in [1.807, 2.05) is 0 Å². The van der Waals surface area contributed by atoms with Crippen LogP contribution >= 0.6 is 15.9 Å². The number of aliphatic hydroxyl groups excluding tert-OH is 1. The van der Waals surface area contributed by atoms with E-state index in [4.69, 9.17) is 5.11 Å². The summed E-state index contributed by atoms with van der Waals surface area (Å²) in [6, 6.07) is 4.87. The Hall–Kier alpha value is -0.430. The van der Waals surface area contributed by atoms with Crippen LogP contribution in [0.1, 0.15) is 18.4 Å². The lowest BCUT2D eigenvalue weighted by Gasteiger charge is -2.08. The second-order valence-corrected chi connectivity index (χ2v) is 6.36. The topological polar surface area (TPSA) is 66.4 Å². The zero-order valence-corrected chi connectivity index (χ0v) is 10.9. The summed E-state index contributed by atoms with van der Waals surface area (Å²) < 4.78 is 27.0. The molecule has 0 spiro atoms. The number of hydrogen-bond acceptors (Lipinski definition) is 3. The molecule has 1 aromatic carbocycles. The van der Waals surface area contributed by atoms with Crippen LogP contribution < -0.4 is 4.72 Å². The molecule has 1 aliphatic rings. The van der Waals surface area contributed by atoms with Crippen molar-refractivity contribution >= 4 is 26.0 Å². The van der Waals surface area contributed by atoms with Gasteiger partial charge in [0.15, 0.2) is 0 Å². The van der Waals surface area contributed by atoms with Crippen LogP contribution in [0.15, 0.2) is 27.6 Å². The molecule has 2 rings (SSSR count). The Morgan fingerprint density at radius 2 is 2.12 bits per heavy atom. The van der Waals surface area contributed by atoms with Crippen LogP contribution in [0.4, 0.5) is 0 Å². The summed E-state index contributed by atoms with van der Waals surface area (Å²) in [6.07, 6.45) is 1.80. The summed E-state index contributed by atoms with van der Waals surface area (Å²) in [5, 5.41) is 8.98. The summed E-state index contributed by atoms with van der Waals surface area (Å²) >= 11 is 3.20. The van der Waals surface area contributed by atoms with Crippen molar-refractivity contribution in [1.29, 1.82) is 0 Å². The van der Waals surface area contributed by atoms with E-state index in [2.05, 4.69) is 20.7 Å². The molecule has 1 saturated carbocycles. The normalized spacial score (nSPS) is 16.4. The summed E-state index contributed by atoms with van der Waals surface area (Å²) in [6.45, 7) is -0.167. The van der Waals surface area contributed by atoms with Crippen LogP contribution in [0.3, 0.4) is 0 Å². The van der Waals surface area contributed by atoms with E-state index in [1.54, 1.807) is 12.1 Å². The highest BCUT2D eigenvalue weighted by Crippen LogP contribution is 2.27. The summed E-state index contributed by atoms with van der Waals surface area (Å²) in [4.78, 5) is 0.186. The minimum Gasteiger partial charge on any atom is -0.392 e. The lowest BCUT2D eigenvalue weighted by Crippen LogP contribution is -2.26. The van der Waals surface area contributed by atoms with Crippen molar-refractivity contribution in [3.8, 4) is 0 Å². The third kappa shape index (κ3) is 2.63. The summed E-state index contributed by atoms with van der Waals surface area (Å²) in [5.41, 5.74) is 0.583. The van der Waals surface area contributed by atoms with Gasteiger partial charge in [0.25, 0.3) is 0 Å². The van der Waals surface area contributed by atoms with E-state index in [1.165, 1.54) is 6.07 Å². The number of aliphatic hydroxyl groups is 1. The maximum absolute atomic E-state index is 11.9. The van der Waals surface area contributed by atoms with Gasteiger partial charge in [-0.05, 0) is 46.5 Å². The molecular formula is C10H12BrNO3S. The predicted molar refractivity (Wildman–Crippen MR) is 63.4 cm³/mol. The predicted octanol–water partition coefficient (Wildman–Crippen LogP) is 1.38. The molecule has 1 fully saturated rings. The fourth-order valence-corrected chi connectivity index (χ4v) is 3.65. The highest BCUT2D eigenvalue weighted by molar-refractivity contribution is 9.10. The maximum atomic E-state index is 11.9. The zero-order chi connectivity index (χ0) is 11.8. The molecule has 1 aliphatic carbocycles. The highest BCUT2D eigenvalue weighted by atomic mass is 79.9. The van der Waals surface area contributed by atoms with E-state index >= 15 is 0 Å². The minimum atomic E-state index is -3.47. The average molecular weight is 306 g/mol. The van der Waals surface area contributed by atoms with Gasteiger partial charge in [-0.1, -0.05) is 6.07 Å². The smallest absolute Gasteiger partial charge is 0.241 e. The SMILES string of the molecule is O=S(=O)(NC1CC1)c1cc(CO)ccc1Br. The molecule has 0 saturated heterocycles. The molecule has 0 aromatic heterocycles. The summed E-state index contributed by atoms with van der Waals surface area (Å²) in [5.74, 6) is 0. The molecule has 0 bridgehead atoms. The first-order valence-electron chi connectivity index (χ1n) is 4.94. The molecule has 0 heterocycles. The molecule has 2 N–H and O–H groups in total. The molecule has 16 heavy (non-hydrogen) atoms. The lowest BCUT2D eigenvalue weighted by molar-refractivity contribution is 0.281. The van der Waals surface area contributed by atoms with Crippen molar-refractivity contribution in [1.82, 2.24) is 4.72 Å². The lowest BCUT2D eigenvalue weighted by atomic mass is 10.2. The Kier molecular flexibility index (Phi) is 3.34. The monoisotopic (exact) mass is 305 g/mol. The molecule has 0 atom stereocenters. The Balaban J connectivity index is 2.36. The van der Waals surface area contributed by atoms with Crippen LogP contribution in [0.25, 0.3) is 0 Å². The van der Waals surface area contributed by atoms with Crippen LogP contribution in [-0.4, -0.2) is 19.6 Å². The third-order valence-electron chi connectivity index (χ3n) is 2.37. The van der Waals surface area contributed by atoms with Crippen molar-refractivity contribution in [3.63, 3.8) is 0 Å². The number of hydrogen-bond donors (Lipinski definition) is 2.